The Hall–Kier alpha value is -3.04. The second-order valence-electron chi connectivity index (χ2n) is 6.84. The zero-order valence-electron chi connectivity index (χ0n) is 15.7. The van der Waals surface area contributed by atoms with E-state index in [4.69, 9.17) is 0 Å². The van der Waals surface area contributed by atoms with Gasteiger partial charge < -0.3 is 5.32 Å². The lowest BCUT2D eigenvalue weighted by atomic mass is 9.99. The van der Waals surface area contributed by atoms with Gasteiger partial charge >= 0.3 is 0 Å². The number of benzene rings is 2. The van der Waals surface area contributed by atoms with Crippen LogP contribution in [0.5, 0.6) is 0 Å². The van der Waals surface area contributed by atoms with Crippen LogP contribution < -0.4 is 5.32 Å². The molecule has 2 aromatic carbocycles. The van der Waals surface area contributed by atoms with Crippen LogP contribution >= 0.6 is 0 Å². The molecule has 150 valence electrons. The zero-order chi connectivity index (χ0) is 20.6. The van der Waals surface area contributed by atoms with E-state index in [0.717, 1.165) is 11.1 Å². The molecule has 3 aromatic rings. The van der Waals surface area contributed by atoms with Crippen molar-refractivity contribution in [2.45, 2.75) is 13.0 Å². The van der Waals surface area contributed by atoms with Crippen molar-refractivity contribution in [3.63, 3.8) is 0 Å². The quantitative estimate of drug-likeness (QED) is 0.711. The van der Waals surface area contributed by atoms with Gasteiger partial charge in [-0.15, -0.1) is 0 Å². The third kappa shape index (κ3) is 3.92. The van der Waals surface area contributed by atoms with Crippen LogP contribution in [0.15, 0.2) is 54.7 Å². The van der Waals surface area contributed by atoms with Gasteiger partial charge in [-0.2, -0.15) is 9.40 Å². The summed E-state index contributed by atoms with van der Waals surface area (Å²) in [7, 11) is -3.27. The number of hydrogen-bond acceptors (Lipinski definition) is 4. The van der Waals surface area contributed by atoms with Gasteiger partial charge in [0.2, 0.25) is 10.0 Å². The molecule has 7 nitrogen and oxygen atoms in total. The van der Waals surface area contributed by atoms with Crippen molar-refractivity contribution in [3.05, 3.63) is 77.4 Å². The number of fused-ring (bicyclic) bond motifs is 1. The Morgan fingerprint density at radius 3 is 2.69 bits per heavy atom. The van der Waals surface area contributed by atoms with Crippen LogP contribution in [0.2, 0.25) is 0 Å². The molecule has 0 fully saturated rings. The number of carbonyl (C=O) groups excluding carboxylic acids is 1. The molecule has 1 amide bonds. The predicted molar refractivity (Wildman–Crippen MR) is 107 cm³/mol. The van der Waals surface area contributed by atoms with E-state index < -0.39 is 21.7 Å². The predicted octanol–water partition coefficient (Wildman–Crippen LogP) is 2.58. The molecule has 29 heavy (non-hydrogen) atoms. The normalized spacial score (nSPS) is 14.4. The van der Waals surface area contributed by atoms with Crippen molar-refractivity contribution in [1.29, 1.82) is 0 Å². The number of halogens is 1. The molecule has 1 aliphatic rings. The molecule has 0 atom stereocenters. The first-order valence-electron chi connectivity index (χ1n) is 9.01. The Bertz CT molecular complexity index is 1190. The maximum Gasteiger partial charge on any atom is 0.276 e. The van der Waals surface area contributed by atoms with Gasteiger partial charge in [0.05, 0.1) is 6.26 Å². The van der Waals surface area contributed by atoms with Crippen LogP contribution in [-0.2, 0) is 23.0 Å². The largest absolute Gasteiger partial charge is 0.320 e. The average Bonchev–Trinajstić information content (AvgIpc) is 3.17. The molecule has 9 heteroatoms. The van der Waals surface area contributed by atoms with Crippen molar-refractivity contribution >= 4 is 21.6 Å². The van der Waals surface area contributed by atoms with Crippen molar-refractivity contribution < 1.29 is 17.6 Å². The molecular weight excluding hydrogens is 395 g/mol. The summed E-state index contributed by atoms with van der Waals surface area (Å²) < 4.78 is 40.3. The summed E-state index contributed by atoms with van der Waals surface area (Å²) in [5, 5.41) is 7.01. The van der Waals surface area contributed by atoms with Gasteiger partial charge in [-0.25, -0.2) is 17.5 Å². The number of amides is 1. The lowest BCUT2D eigenvalue weighted by Gasteiger charge is -2.28. The molecule has 0 saturated heterocycles. The lowest BCUT2D eigenvalue weighted by molar-refractivity contribution is 0.102. The lowest BCUT2D eigenvalue weighted by Crippen LogP contribution is -2.35. The Morgan fingerprint density at radius 1 is 1.14 bits per heavy atom. The summed E-state index contributed by atoms with van der Waals surface area (Å²) in [6.07, 6.45) is 3.22. The number of carbonyl (C=O) groups is 1. The van der Waals surface area contributed by atoms with E-state index in [1.54, 1.807) is 30.3 Å². The maximum absolute atomic E-state index is 13.9. The van der Waals surface area contributed by atoms with Crippen molar-refractivity contribution in [2.24, 2.45) is 0 Å². The number of aromatic nitrogens is 2. The Kier molecular flexibility index (Phi) is 4.93. The summed E-state index contributed by atoms with van der Waals surface area (Å²) in [6.45, 7) is 0.639. The van der Waals surface area contributed by atoms with Gasteiger partial charge in [0, 0.05) is 25.0 Å². The third-order valence-corrected chi connectivity index (χ3v) is 6.12. The van der Waals surface area contributed by atoms with Crippen LogP contribution in [0.3, 0.4) is 0 Å². The zero-order valence-corrected chi connectivity index (χ0v) is 16.5. The summed E-state index contributed by atoms with van der Waals surface area (Å²) in [4.78, 5) is 12.7. The van der Waals surface area contributed by atoms with Crippen molar-refractivity contribution in [1.82, 2.24) is 14.1 Å². The molecule has 1 aliphatic heterocycles. The van der Waals surface area contributed by atoms with Gasteiger partial charge in [0.25, 0.3) is 5.91 Å². The number of anilines is 1. The topological polar surface area (TPSA) is 84.3 Å². The number of nitrogens with one attached hydrogen (secondary N) is 1. The van der Waals surface area contributed by atoms with Crippen LogP contribution in [0.25, 0.3) is 5.69 Å². The Labute approximate surface area is 167 Å². The number of rotatable bonds is 4. The molecule has 0 saturated carbocycles. The van der Waals surface area contributed by atoms with Gasteiger partial charge in [-0.3, -0.25) is 4.79 Å². The van der Waals surface area contributed by atoms with Crippen LogP contribution in [-0.4, -0.2) is 41.2 Å². The summed E-state index contributed by atoms with van der Waals surface area (Å²) in [5.41, 5.74) is 2.80. The van der Waals surface area contributed by atoms with E-state index >= 15 is 0 Å². The van der Waals surface area contributed by atoms with Crippen LogP contribution in [0.1, 0.15) is 21.6 Å². The average molecular weight is 414 g/mol. The van der Waals surface area contributed by atoms with E-state index in [9.17, 15) is 17.6 Å². The van der Waals surface area contributed by atoms with Crippen molar-refractivity contribution in [2.75, 3.05) is 18.1 Å². The molecular formula is C20H19FN4O3S. The highest BCUT2D eigenvalue weighted by atomic mass is 32.2. The number of sulfonamides is 1. The van der Waals surface area contributed by atoms with Gasteiger partial charge in [-0.1, -0.05) is 24.3 Å². The van der Waals surface area contributed by atoms with E-state index in [-0.39, 0.29) is 17.9 Å². The van der Waals surface area contributed by atoms with Gasteiger partial charge in [0.1, 0.15) is 11.5 Å². The molecule has 2 heterocycles. The highest BCUT2D eigenvalue weighted by Crippen LogP contribution is 2.27. The number of nitrogens with zero attached hydrogens (tertiary/aromatic N) is 3. The first-order valence-corrected chi connectivity index (χ1v) is 10.9. The fourth-order valence-corrected chi connectivity index (χ4v) is 4.18. The molecule has 0 bridgehead atoms. The molecule has 1 aromatic heterocycles. The fraction of sp³-hybridized carbons (Fsp3) is 0.200. The first kappa shape index (κ1) is 19.3. The molecule has 0 unspecified atom stereocenters. The fourth-order valence-electron chi connectivity index (χ4n) is 3.39. The van der Waals surface area contributed by atoms with Crippen LogP contribution in [0, 0.1) is 5.82 Å². The summed E-state index contributed by atoms with van der Waals surface area (Å²) in [6, 6.07) is 13.1. The molecule has 0 aliphatic carbocycles. The second kappa shape index (κ2) is 7.41. The molecule has 4 rings (SSSR count). The number of para-hydroxylation sites is 1. The minimum absolute atomic E-state index is 0.152. The van der Waals surface area contributed by atoms with Gasteiger partial charge in [-0.05, 0) is 41.8 Å². The Balaban J connectivity index is 1.56. The number of hydrogen-bond donors (Lipinski definition) is 1. The van der Waals surface area contributed by atoms with E-state index in [2.05, 4.69) is 10.4 Å². The molecule has 0 spiro atoms. The van der Waals surface area contributed by atoms with Crippen molar-refractivity contribution in [3.8, 4) is 5.69 Å². The smallest absolute Gasteiger partial charge is 0.276 e. The SMILES string of the molecule is CS(=O)(=O)N1CCc2c(cccc2NC(=O)c2ccn(-c3ccccc3F)n2)C1. The molecule has 1 N–H and O–H groups in total. The minimum Gasteiger partial charge on any atom is -0.320 e. The van der Waals surface area contributed by atoms with Gasteiger partial charge in [0.15, 0.2) is 5.69 Å². The van der Waals surface area contributed by atoms with E-state index in [1.807, 2.05) is 6.07 Å². The Morgan fingerprint density at radius 2 is 1.93 bits per heavy atom. The summed E-state index contributed by atoms with van der Waals surface area (Å²) in [5.74, 6) is -0.853. The minimum atomic E-state index is -3.27. The first-order chi connectivity index (χ1) is 13.8. The monoisotopic (exact) mass is 414 g/mol. The highest BCUT2D eigenvalue weighted by molar-refractivity contribution is 7.88. The third-order valence-electron chi connectivity index (χ3n) is 4.87. The highest BCUT2D eigenvalue weighted by Gasteiger charge is 2.25. The maximum atomic E-state index is 13.9. The van der Waals surface area contributed by atoms with E-state index in [0.29, 0.717) is 18.7 Å². The van der Waals surface area contributed by atoms with E-state index in [1.165, 1.54) is 33.6 Å². The summed E-state index contributed by atoms with van der Waals surface area (Å²) >= 11 is 0. The second-order valence-corrected chi connectivity index (χ2v) is 8.82. The standard InChI is InChI=1S/C20H19FN4O3S/c1-29(27,28)24-11-9-15-14(13-24)5-4-7-17(15)22-20(26)18-10-12-25(23-18)19-8-3-2-6-16(19)21/h2-8,10,12H,9,11,13H2,1H3,(H,22,26). The van der Waals surface area contributed by atoms with Crippen LogP contribution in [0.4, 0.5) is 10.1 Å². The molecule has 0 radical (unpaired) electrons.